The Morgan fingerprint density at radius 3 is 2.27 bits per heavy atom. The first-order valence-corrected chi connectivity index (χ1v) is 4.98. The predicted molar refractivity (Wildman–Crippen MR) is 63.6 cm³/mol. The van der Waals surface area contributed by atoms with Gasteiger partial charge in [0.2, 0.25) is 0 Å². The molecule has 0 N–H and O–H groups in total. The third kappa shape index (κ3) is 2.27. The van der Waals surface area contributed by atoms with E-state index in [1.54, 1.807) is 0 Å². The molecule has 2 aromatic rings. The summed E-state index contributed by atoms with van der Waals surface area (Å²) in [5, 5.41) is 0. The van der Waals surface area contributed by atoms with E-state index < -0.39 is 0 Å². The highest BCUT2D eigenvalue weighted by molar-refractivity contribution is 5.42. The van der Waals surface area contributed by atoms with Crippen molar-refractivity contribution >= 4 is 0 Å². The minimum atomic E-state index is 0.904. The number of benzene rings is 2. The van der Waals surface area contributed by atoms with E-state index in [-0.39, 0.29) is 0 Å². The average Bonchev–Trinajstić information content (AvgIpc) is 2.31. The quantitative estimate of drug-likeness (QED) is 0.641. The van der Waals surface area contributed by atoms with Crippen LogP contribution in [-0.4, -0.2) is 0 Å². The summed E-state index contributed by atoms with van der Waals surface area (Å²) in [6.45, 7) is 0. The van der Waals surface area contributed by atoms with Crippen molar-refractivity contribution in [3.63, 3.8) is 0 Å². The van der Waals surface area contributed by atoms with E-state index in [0.29, 0.717) is 0 Å². The summed E-state index contributed by atoms with van der Waals surface area (Å²) in [6.07, 6.45) is 6.36. The lowest BCUT2D eigenvalue weighted by molar-refractivity contribution is 1.18. The summed E-state index contributed by atoms with van der Waals surface area (Å²) in [7, 11) is 0. The molecule has 2 aromatic carbocycles. The topological polar surface area (TPSA) is 0 Å². The zero-order valence-corrected chi connectivity index (χ0v) is 8.48. The van der Waals surface area contributed by atoms with Crippen LogP contribution in [0.25, 0.3) is 0 Å². The van der Waals surface area contributed by atoms with Gasteiger partial charge in [-0.25, -0.2) is 0 Å². The molecule has 15 heavy (non-hydrogen) atoms. The number of terminal acetylenes is 1. The maximum atomic E-state index is 5.45. The van der Waals surface area contributed by atoms with Crippen LogP contribution in [0, 0.1) is 12.3 Å². The van der Waals surface area contributed by atoms with Gasteiger partial charge in [0.1, 0.15) is 0 Å². The predicted octanol–water partition coefficient (Wildman–Crippen LogP) is 3.26. The summed E-state index contributed by atoms with van der Waals surface area (Å²) in [6, 6.07) is 18.4. The van der Waals surface area contributed by atoms with Crippen LogP contribution < -0.4 is 0 Å². The van der Waals surface area contributed by atoms with Gasteiger partial charge in [-0.3, -0.25) is 0 Å². The van der Waals surface area contributed by atoms with Crippen molar-refractivity contribution in [1.29, 1.82) is 0 Å². The highest BCUT2D eigenvalue weighted by atomic mass is 14.0. The van der Waals surface area contributed by atoms with Crippen LogP contribution in [0.3, 0.4) is 0 Å². The van der Waals surface area contributed by atoms with Gasteiger partial charge in [0, 0.05) is 5.56 Å². The smallest absolute Gasteiger partial charge is 0.0277 e. The first kappa shape index (κ1) is 9.55. The van der Waals surface area contributed by atoms with Gasteiger partial charge in [-0.1, -0.05) is 54.5 Å². The Balaban J connectivity index is 2.29. The van der Waals surface area contributed by atoms with Crippen LogP contribution in [0.2, 0.25) is 0 Å². The molecule has 0 saturated carbocycles. The minimum absolute atomic E-state index is 0.904. The highest BCUT2D eigenvalue weighted by Crippen LogP contribution is 2.13. The largest absolute Gasteiger partial charge is 0.115 e. The van der Waals surface area contributed by atoms with E-state index in [0.717, 1.165) is 12.0 Å². The fraction of sp³-hybridized carbons (Fsp3) is 0.0667. The second kappa shape index (κ2) is 4.48. The number of rotatable bonds is 2. The van der Waals surface area contributed by atoms with Crippen LogP contribution in [0.4, 0.5) is 0 Å². The van der Waals surface area contributed by atoms with Crippen molar-refractivity contribution in [2.75, 3.05) is 0 Å². The fourth-order valence-electron chi connectivity index (χ4n) is 1.63. The molecular formula is C15H12. The van der Waals surface area contributed by atoms with Crippen LogP contribution in [-0.2, 0) is 6.42 Å². The molecule has 0 spiro atoms. The Morgan fingerprint density at radius 2 is 1.53 bits per heavy atom. The second-order valence-corrected chi connectivity index (χ2v) is 3.46. The van der Waals surface area contributed by atoms with Crippen LogP contribution in [0.5, 0.6) is 0 Å². The Labute approximate surface area is 90.6 Å². The molecule has 0 nitrogen and oxygen atoms in total. The Bertz CT molecular complexity index is 475. The van der Waals surface area contributed by atoms with E-state index in [1.807, 2.05) is 36.4 Å². The monoisotopic (exact) mass is 192 g/mol. The van der Waals surface area contributed by atoms with Gasteiger partial charge in [-0.2, -0.15) is 0 Å². The van der Waals surface area contributed by atoms with Crippen LogP contribution in [0.1, 0.15) is 16.7 Å². The minimum Gasteiger partial charge on any atom is -0.115 e. The standard InChI is InChI=1S/C15H12/c1-2-14-10-6-7-11-15(14)12-13-8-4-3-5-9-13/h1,3-11H,12H2. The first-order valence-electron chi connectivity index (χ1n) is 4.98. The zero-order chi connectivity index (χ0) is 10.5. The summed E-state index contributed by atoms with van der Waals surface area (Å²) >= 11 is 0. The number of hydrogen-bond donors (Lipinski definition) is 0. The van der Waals surface area contributed by atoms with Crippen molar-refractivity contribution in [3.05, 3.63) is 71.3 Å². The maximum Gasteiger partial charge on any atom is 0.0277 e. The SMILES string of the molecule is C#Cc1ccccc1Cc1ccccc1. The van der Waals surface area contributed by atoms with Gasteiger partial charge in [0.05, 0.1) is 0 Å². The van der Waals surface area contributed by atoms with Crippen molar-refractivity contribution in [2.45, 2.75) is 6.42 Å². The molecule has 0 unspecified atom stereocenters. The third-order valence-electron chi connectivity index (χ3n) is 2.41. The lowest BCUT2D eigenvalue weighted by Crippen LogP contribution is -1.91. The lowest BCUT2D eigenvalue weighted by atomic mass is 10.0. The van der Waals surface area contributed by atoms with E-state index >= 15 is 0 Å². The summed E-state index contributed by atoms with van der Waals surface area (Å²) < 4.78 is 0. The molecule has 0 aliphatic heterocycles. The molecule has 0 fully saturated rings. The zero-order valence-electron chi connectivity index (χ0n) is 8.48. The molecule has 72 valence electrons. The van der Waals surface area contributed by atoms with E-state index in [2.05, 4.69) is 24.1 Å². The molecule has 0 radical (unpaired) electrons. The molecular weight excluding hydrogens is 180 g/mol. The van der Waals surface area contributed by atoms with E-state index in [4.69, 9.17) is 6.42 Å². The normalized spacial score (nSPS) is 9.53. The number of hydrogen-bond acceptors (Lipinski definition) is 0. The molecule has 0 heterocycles. The van der Waals surface area contributed by atoms with Crippen molar-refractivity contribution in [1.82, 2.24) is 0 Å². The molecule has 0 atom stereocenters. The molecule has 0 saturated heterocycles. The molecule has 2 rings (SSSR count). The van der Waals surface area contributed by atoms with Gasteiger partial charge in [0.25, 0.3) is 0 Å². The molecule has 0 aromatic heterocycles. The molecule has 0 aliphatic rings. The van der Waals surface area contributed by atoms with Crippen molar-refractivity contribution < 1.29 is 0 Å². The van der Waals surface area contributed by atoms with Gasteiger partial charge in [0.15, 0.2) is 0 Å². The van der Waals surface area contributed by atoms with Gasteiger partial charge >= 0.3 is 0 Å². The molecule has 0 bridgehead atoms. The average molecular weight is 192 g/mol. The molecule has 0 amide bonds. The molecule has 0 aliphatic carbocycles. The Kier molecular flexibility index (Phi) is 2.85. The Morgan fingerprint density at radius 1 is 0.867 bits per heavy atom. The van der Waals surface area contributed by atoms with Crippen LogP contribution in [0.15, 0.2) is 54.6 Å². The summed E-state index contributed by atoms with van der Waals surface area (Å²) in [4.78, 5) is 0. The van der Waals surface area contributed by atoms with E-state index in [9.17, 15) is 0 Å². The van der Waals surface area contributed by atoms with Crippen molar-refractivity contribution in [3.8, 4) is 12.3 Å². The van der Waals surface area contributed by atoms with Gasteiger partial charge < -0.3 is 0 Å². The van der Waals surface area contributed by atoms with Crippen molar-refractivity contribution in [2.24, 2.45) is 0 Å². The summed E-state index contributed by atoms with van der Waals surface area (Å²) in [5.74, 6) is 2.72. The second-order valence-electron chi connectivity index (χ2n) is 3.46. The van der Waals surface area contributed by atoms with E-state index in [1.165, 1.54) is 11.1 Å². The first-order chi connectivity index (χ1) is 7.40. The van der Waals surface area contributed by atoms with Crippen LogP contribution >= 0.6 is 0 Å². The highest BCUT2D eigenvalue weighted by Gasteiger charge is 1.99. The third-order valence-corrected chi connectivity index (χ3v) is 2.41. The van der Waals surface area contributed by atoms with Gasteiger partial charge in [-0.05, 0) is 23.6 Å². The lowest BCUT2D eigenvalue weighted by Gasteiger charge is -2.04. The maximum absolute atomic E-state index is 5.45. The Hall–Kier alpha value is -2.00. The summed E-state index contributed by atoms with van der Waals surface area (Å²) in [5.41, 5.74) is 3.49. The molecule has 0 heteroatoms. The fourth-order valence-corrected chi connectivity index (χ4v) is 1.63. The van der Waals surface area contributed by atoms with Gasteiger partial charge in [-0.15, -0.1) is 6.42 Å².